The summed E-state index contributed by atoms with van der Waals surface area (Å²) in [6.07, 6.45) is 3.22. The Kier molecular flexibility index (Phi) is 6.96. The third kappa shape index (κ3) is 4.47. The molecule has 0 N–H and O–H groups in total. The molecule has 0 aliphatic rings. The first-order valence-corrected chi connectivity index (χ1v) is 9.23. The lowest BCUT2D eigenvalue weighted by Crippen LogP contribution is -2.30. The normalized spacial score (nSPS) is 10.6. The zero-order chi connectivity index (χ0) is 20.1. The molecule has 8 heteroatoms. The Balaban J connectivity index is 2.29. The van der Waals surface area contributed by atoms with Gasteiger partial charge in [-0.15, -0.1) is 0 Å². The van der Waals surface area contributed by atoms with Crippen molar-refractivity contribution in [1.82, 2.24) is 19.9 Å². The maximum atomic E-state index is 12.9. The van der Waals surface area contributed by atoms with Gasteiger partial charge in [0.15, 0.2) is 5.69 Å². The van der Waals surface area contributed by atoms with Gasteiger partial charge in [-0.2, -0.15) is 0 Å². The van der Waals surface area contributed by atoms with E-state index in [0.717, 1.165) is 35.7 Å². The molecule has 2 rings (SSSR count). The number of amides is 1. The molecule has 2 aromatic heterocycles. The first kappa shape index (κ1) is 20.9. The SMILES string of the molecule is CCN(CC)c1ncc(Cl)c(C(=O)N(C)Cc2ncc(C)c(OC)c2C)n1. The van der Waals surface area contributed by atoms with E-state index in [1.165, 1.54) is 6.20 Å². The van der Waals surface area contributed by atoms with Gasteiger partial charge in [0.25, 0.3) is 5.91 Å². The minimum atomic E-state index is -0.281. The number of hydrogen-bond acceptors (Lipinski definition) is 6. The van der Waals surface area contributed by atoms with Crippen molar-refractivity contribution in [2.45, 2.75) is 34.2 Å². The molecule has 2 heterocycles. The summed E-state index contributed by atoms with van der Waals surface area (Å²) in [7, 11) is 3.33. The number of carbonyl (C=O) groups is 1. The molecule has 2 aromatic rings. The molecule has 0 aliphatic carbocycles. The van der Waals surface area contributed by atoms with E-state index in [1.54, 1.807) is 25.3 Å². The van der Waals surface area contributed by atoms with Crippen molar-refractivity contribution >= 4 is 23.5 Å². The van der Waals surface area contributed by atoms with E-state index < -0.39 is 0 Å². The average Bonchev–Trinajstić information content (AvgIpc) is 2.66. The zero-order valence-electron chi connectivity index (χ0n) is 16.7. The van der Waals surface area contributed by atoms with Crippen molar-refractivity contribution in [1.29, 1.82) is 0 Å². The molecule has 7 nitrogen and oxygen atoms in total. The summed E-state index contributed by atoms with van der Waals surface area (Å²) in [5.74, 6) is 0.994. The highest BCUT2D eigenvalue weighted by Gasteiger charge is 2.21. The molecular weight excluding hydrogens is 366 g/mol. The summed E-state index contributed by atoms with van der Waals surface area (Å²) in [4.78, 5) is 29.5. The van der Waals surface area contributed by atoms with Crippen LogP contribution in [0.15, 0.2) is 12.4 Å². The maximum absolute atomic E-state index is 12.9. The number of nitrogens with zero attached hydrogens (tertiary/aromatic N) is 5. The van der Waals surface area contributed by atoms with E-state index in [2.05, 4.69) is 15.0 Å². The van der Waals surface area contributed by atoms with Gasteiger partial charge in [-0.25, -0.2) is 9.97 Å². The van der Waals surface area contributed by atoms with Gasteiger partial charge < -0.3 is 14.5 Å². The summed E-state index contributed by atoms with van der Waals surface area (Å²) < 4.78 is 5.44. The van der Waals surface area contributed by atoms with E-state index >= 15 is 0 Å². The minimum Gasteiger partial charge on any atom is -0.496 e. The molecule has 0 saturated heterocycles. The second-order valence-corrected chi connectivity index (χ2v) is 6.65. The molecule has 0 saturated carbocycles. The van der Waals surface area contributed by atoms with Crippen molar-refractivity contribution in [2.75, 3.05) is 32.1 Å². The number of rotatable bonds is 7. The summed E-state index contributed by atoms with van der Waals surface area (Å²) in [5, 5.41) is 0.230. The van der Waals surface area contributed by atoms with E-state index in [9.17, 15) is 4.79 Å². The molecule has 146 valence electrons. The molecule has 0 aliphatic heterocycles. The van der Waals surface area contributed by atoms with Gasteiger partial charge in [0.2, 0.25) is 5.95 Å². The Morgan fingerprint density at radius 3 is 2.44 bits per heavy atom. The van der Waals surface area contributed by atoms with Gasteiger partial charge in [-0.1, -0.05) is 11.6 Å². The van der Waals surface area contributed by atoms with Crippen molar-refractivity contribution in [2.24, 2.45) is 0 Å². The van der Waals surface area contributed by atoms with Crippen LogP contribution in [0.1, 0.15) is 41.2 Å². The maximum Gasteiger partial charge on any atom is 0.274 e. The first-order chi connectivity index (χ1) is 12.8. The summed E-state index contributed by atoms with van der Waals surface area (Å²) >= 11 is 6.20. The Bertz CT molecular complexity index is 824. The molecular formula is C19H26ClN5O2. The lowest BCUT2D eigenvalue weighted by Gasteiger charge is -2.21. The van der Waals surface area contributed by atoms with Crippen LogP contribution < -0.4 is 9.64 Å². The minimum absolute atomic E-state index is 0.188. The Labute approximate surface area is 165 Å². The molecule has 0 atom stereocenters. The second-order valence-electron chi connectivity index (χ2n) is 6.25. The quantitative estimate of drug-likeness (QED) is 0.721. The summed E-state index contributed by atoms with van der Waals surface area (Å²) in [6, 6.07) is 0. The second kappa shape index (κ2) is 8.99. The highest BCUT2D eigenvalue weighted by atomic mass is 35.5. The summed E-state index contributed by atoms with van der Waals surface area (Å²) in [5.41, 5.74) is 2.82. The van der Waals surface area contributed by atoms with Crippen molar-refractivity contribution < 1.29 is 9.53 Å². The smallest absolute Gasteiger partial charge is 0.274 e. The van der Waals surface area contributed by atoms with Crippen molar-refractivity contribution in [3.05, 3.63) is 39.9 Å². The van der Waals surface area contributed by atoms with Crippen LogP contribution in [0.2, 0.25) is 5.02 Å². The lowest BCUT2D eigenvalue weighted by molar-refractivity contribution is 0.0777. The predicted molar refractivity (Wildman–Crippen MR) is 107 cm³/mol. The fourth-order valence-corrected chi connectivity index (χ4v) is 3.05. The van der Waals surface area contributed by atoms with Gasteiger partial charge in [0, 0.05) is 37.5 Å². The number of hydrogen-bond donors (Lipinski definition) is 0. The van der Waals surface area contributed by atoms with Gasteiger partial charge in [-0.3, -0.25) is 9.78 Å². The number of pyridine rings is 1. The third-order valence-electron chi connectivity index (χ3n) is 4.46. The van der Waals surface area contributed by atoms with E-state index in [-0.39, 0.29) is 16.6 Å². The molecule has 1 amide bonds. The highest BCUT2D eigenvalue weighted by Crippen LogP contribution is 2.25. The van der Waals surface area contributed by atoms with E-state index in [0.29, 0.717) is 12.5 Å². The molecule has 0 radical (unpaired) electrons. The van der Waals surface area contributed by atoms with Crippen LogP contribution >= 0.6 is 11.6 Å². The Hall–Kier alpha value is -2.41. The number of aryl methyl sites for hydroxylation is 1. The van der Waals surface area contributed by atoms with Gasteiger partial charge in [0.05, 0.1) is 30.6 Å². The van der Waals surface area contributed by atoms with E-state index in [1.807, 2.05) is 32.6 Å². The number of methoxy groups -OCH3 is 1. The first-order valence-electron chi connectivity index (χ1n) is 8.85. The van der Waals surface area contributed by atoms with Crippen LogP contribution in [-0.4, -0.2) is 53.0 Å². The van der Waals surface area contributed by atoms with Crippen LogP contribution in [0.25, 0.3) is 0 Å². The standard InChI is InChI=1S/C19H26ClN5O2/c1-7-25(8-2)19-22-10-14(20)16(23-19)18(26)24(5)11-15-13(4)17(27-6)12(3)9-21-15/h9-10H,7-8,11H2,1-6H3. The number of aromatic nitrogens is 3. The lowest BCUT2D eigenvalue weighted by atomic mass is 10.1. The van der Waals surface area contributed by atoms with Crippen LogP contribution in [0.4, 0.5) is 5.95 Å². The number of anilines is 1. The van der Waals surface area contributed by atoms with Gasteiger partial charge in [0.1, 0.15) is 5.75 Å². The molecule has 27 heavy (non-hydrogen) atoms. The zero-order valence-corrected chi connectivity index (χ0v) is 17.5. The van der Waals surface area contributed by atoms with Crippen molar-refractivity contribution in [3.8, 4) is 5.75 Å². The highest BCUT2D eigenvalue weighted by molar-refractivity contribution is 6.33. The fraction of sp³-hybridized carbons (Fsp3) is 0.474. The predicted octanol–water partition coefficient (Wildman–Crippen LogP) is 3.27. The number of carbonyl (C=O) groups excluding carboxylic acids is 1. The summed E-state index contributed by atoms with van der Waals surface area (Å²) in [6.45, 7) is 9.70. The molecule has 0 aromatic carbocycles. The van der Waals surface area contributed by atoms with Crippen LogP contribution in [0.5, 0.6) is 5.75 Å². The van der Waals surface area contributed by atoms with Crippen LogP contribution in [0.3, 0.4) is 0 Å². The van der Waals surface area contributed by atoms with Crippen molar-refractivity contribution in [3.63, 3.8) is 0 Å². The van der Waals surface area contributed by atoms with Gasteiger partial charge in [-0.05, 0) is 27.7 Å². The van der Waals surface area contributed by atoms with Gasteiger partial charge >= 0.3 is 0 Å². The average molecular weight is 392 g/mol. The number of ether oxygens (including phenoxy) is 1. The molecule has 0 spiro atoms. The Morgan fingerprint density at radius 1 is 1.19 bits per heavy atom. The van der Waals surface area contributed by atoms with E-state index in [4.69, 9.17) is 16.3 Å². The molecule has 0 unspecified atom stereocenters. The van der Waals surface area contributed by atoms with Crippen LogP contribution in [-0.2, 0) is 6.54 Å². The molecule has 0 fully saturated rings. The third-order valence-corrected chi connectivity index (χ3v) is 4.74. The largest absolute Gasteiger partial charge is 0.496 e. The topological polar surface area (TPSA) is 71.5 Å². The van der Waals surface area contributed by atoms with Crippen LogP contribution in [0, 0.1) is 13.8 Å². The Morgan fingerprint density at radius 2 is 1.85 bits per heavy atom. The number of halogens is 1. The fourth-order valence-electron chi connectivity index (χ4n) is 2.87. The molecule has 0 bridgehead atoms. The monoisotopic (exact) mass is 391 g/mol.